The minimum Gasteiger partial charge on any atom is -0.309 e. The van der Waals surface area contributed by atoms with Crippen LogP contribution in [0.1, 0.15) is 0 Å². The maximum atomic E-state index is 2.48. The van der Waals surface area contributed by atoms with Crippen LogP contribution in [-0.2, 0) is 0 Å². The second kappa shape index (κ2) is 9.81. The number of anilines is 3. The minimum atomic E-state index is 1.15. The first-order chi connectivity index (χ1) is 21.3. The molecule has 0 fully saturated rings. The van der Waals surface area contributed by atoms with E-state index >= 15 is 0 Å². The molecule has 2 heterocycles. The number of fused-ring (bicyclic) bond motifs is 7. The van der Waals surface area contributed by atoms with Gasteiger partial charge in [0.05, 0.1) is 11.4 Å². The van der Waals surface area contributed by atoms with Gasteiger partial charge >= 0.3 is 0 Å². The van der Waals surface area contributed by atoms with E-state index < -0.39 is 0 Å². The zero-order valence-electron chi connectivity index (χ0n) is 23.2. The molecule has 0 amide bonds. The summed E-state index contributed by atoms with van der Waals surface area (Å²) in [6.07, 6.45) is 0. The molecule has 0 saturated heterocycles. The Labute approximate surface area is 257 Å². The fourth-order valence-corrected chi connectivity index (χ4v) is 8.88. The van der Waals surface area contributed by atoms with Gasteiger partial charge in [0.2, 0.25) is 0 Å². The van der Waals surface area contributed by atoms with Crippen molar-refractivity contribution in [3.8, 4) is 11.1 Å². The SMILES string of the molecule is c1ccc(N(c2ccc3ccccc3c2)c2cccc3sc4ccccc4c23)c(-c2cccc3c2sc2ccccc23)c1. The second-order valence-corrected chi connectivity index (χ2v) is 13.0. The van der Waals surface area contributed by atoms with Gasteiger partial charge in [-0.2, -0.15) is 0 Å². The van der Waals surface area contributed by atoms with E-state index in [0.717, 1.165) is 5.69 Å². The molecule has 3 heteroatoms. The lowest BCUT2D eigenvalue weighted by molar-refractivity contribution is 1.31. The highest BCUT2D eigenvalue weighted by atomic mass is 32.1. The molecular formula is C40H25NS2. The third-order valence-electron chi connectivity index (χ3n) is 8.45. The maximum absolute atomic E-state index is 2.48. The highest BCUT2D eigenvalue weighted by Crippen LogP contribution is 2.49. The molecule has 0 saturated carbocycles. The van der Waals surface area contributed by atoms with Crippen molar-refractivity contribution < 1.29 is 0 Å². The van der Waals surface area contributed by atoms with Crippen LogP contribution < -0.4 is 4.90 Å². The van der Waals surface area contributed by atoms with Crippen LogP contribution in [0, 0.1) is 0 Å². The highest BCUT2D eigenvalue weighted by Gasteiger charge is 2.22. The van der Waals surface area contributed by atoms with Crippen LogP contribution >= 0.6 is 22.7 Å². The summed E-state index contributed by atoms with van der Waals surface area (Å²) in [4.78, 5) is 2.48. The standard InChI is InChI=1S/C40H25NS2/c1-2-12-27-25-28(24-23-26(27)11-1)41(35-19-10-22-38-39(35)33-15-5-8-21-37(33)42-38)34-18-6-3-13-29(34)31-16-9-17-32-30-14-4-7-20-36(30)43-40(31)32/h1-25H. The number of hydrogen-bond donors (Lipinski definition) is 0. The van der Waals surface area contributed by atoms with E-state index in [1.54, 1.807) is 0 Å². The van der Waals surface area contributed by atoms with Gasteiger partial charge in [-0.05, 0) is 53.2 Å². The Hall–Kier alpha value is -4.96. The van der Waals surface area contributed by atoms with Gasteiger partial charge in [0, 0.05) is 57.2 Å². The first-order valence-electron chi connectivity index (χ1n) is 14.5. The number of nitrogens with zero attached hydrogens (tertiary/aromatic N) is 1. The molecule has 0 N–H and O–H groups in total. The van der Waals surface area contributed by atoms with Gasteiger partial charge in [-0.1, -0.05) is 109 Å². The van der Waals surface area contributed by atoms with E-state index in [1.807, 2.05) is 22.7 Å². The molecule has 0 radical (unpaired) electrons. The first kappa shape index (κ1) is 24.6. The molecule has 9 aromatic rings. The van der Waals surface area contributed by atoms with E-state index in [4.69, 9.17) is 0 Å². The molecule has 7 aromatic carbocycles. The minimum absolute atomic E-state index is 1.15. The van der Waals surface area contributed by atoms with E-state index in [1.165, 1.54) is 73.6 Å². The Kier molecular flexibility index (Phi) is 5.62. The van der Waals surface area contributed by atoms with Gasteiger partial charge in [-0.3, -0.25) is 0 Å². The quantitative estimate of drug-likeness (QED) is 0.199. The van der Waals surface area contributed by atoms with Crippen molar-refractivity contribution in [3.63, 3.8) is 0 Å². The van der Waals surface area contributed by atoms with E-state index in [0.29, 0.717) is 0 Å². The summed E-state index contributed by atoms with van der Waals surface area (Å²) in [5.74, 6) is 0. The van der Waals surface area contributed by atoms with Crippen molar-refractivity contribution >= 4 is 90.9 Å². The molecule has 0 aliphatic carbocycles. The molecule has 0 spiro atoms. The van der Waals surface area contributed by atoms with E-state index in [-0.39, 0.29) is 0 Å². The molecule has 0 unspecified atom stereocenters. The zero-order valence-corrected chi connectivity index (χ0v) is 24.8. The van der Waals surface area contributed by atoms with Crippen molar-refractivity contribution in [1.29, 1.82) is 0 Å². The Balaban J connectivity index is 1.37. The molecule has 1 nitrogen and oxygen atoms in total. The number of benzene rings is 7. The van der Waals surface area contributed by atoms with Crippen LogP contribution in [0.15, 0.2) is 152 Å². The summed E-state index contributed by atoms with van der Waals surface area (Å²) >= 11 is 3.75. The maximum Gasteiger partial charge on any atom is 0.0555 e. The number of rotatable bonds is 4. The van der Waals surface area contributed by atoms with Crippen molar-refractivity contribution in [2.45, 2.75) is 0 Å². The third-order valence-corrected chi connectivity index (χ3v) is 10.8. The lowest BCUT2D eigenvalue weighted by Gasteiger charge is -2.29. The van der Waals surface area contributed by atoms with Gasteiger partial charge in [0.15, 0.2) is 0 Å². The Bertz CT molecular complexity index is 2480. The molecular weight excluding hydrogens is 559 g/mol. The van der Waals surface area contributed by atoms with Crippen LogP contribution in [0.25, 0.3) is 62.2 Å². The lowest BCUT2D eigenvalue weighted by Crippen LogP contribution is -2.11. The summed E-state index contributed by atoms with van der Waals surface area (Å²) in [5.41, 5.74) is 6.01. The molecule has 0 bridgehead atoms. The monoisotopic (exact) mass is 583 g/mol. The largest absolute Gasteiger partial charge is 0.309 e. The van der Waals surface area contributed by atoms with E-state index in [9.17, 15) is 0 Å². The summed E-state index contributed by atoms with van der Waals surface area (Å²) in [6.45, 7) is 0. The Morgan fingerprint density at radius 1 is 0.395 bits per heavy atom. The van der Waals surface area contributed by atoms with Gasteiger partial charge in [0.1, 0.15) is 0 Å². The summed E-state index contributed by atoms with van der Waals surface area (Å²) in [5, 5.41) is 7.71. The average molecular weight is 584 g/mol. The van der Waals surface area contributed by atoms with Crippen molar-refractivity contribution in [2.24, 2.45) is 0 Å². The van der Waals surface area contributed by atoms with Crippen molar-refractivity contribution in [2.75, 3.05) is 4.90 Å². The summed E-state index contributed by atoms with van der Waals surface area (Å²) < 4.78 is 5.26. The Morgan fingerprint density at radius 2 is 1.02 bits per heavy atom. The van der Waals surface area contributed by atoms with Gasteiger partial charge in [0.25, 0.3) is 0 Å². The molecule has 2 aromatic heterocycles. The van der Waals surface area contributed by atoms with Gasteiger partial charge in [-0.15, -0.1) is 22.7 Å². The summed E-state index contributed by atoms with van der Waals surface area (Å²) in [6, 6.07) is 55.5. The lowest BCUT2D eigenvalue weighted by atomic mass is 9.98. The predicted molar refractivity (Wildman–Crippen MR) is 190 cm³/mol. The highest BCUT2D eigenvalue weighted by molar-refractivity contribution is 7.26. The van der Waals surface area contributed by atoms with Crippen molar-refractivity contribution in [3.05, 3.63) is 152 Å². The Morgan fingerprint density at radius 3 is 1.93 bits per heavy atom. The van der Waals surface area contributed by atoms with E-state index in [2.05, 4.69) is 157 Å². The van der Waals surface area contributed by atoms with Crippen LogP contribution in [-0.4, -0.2) is 0 Å². The molecule has 0 aliphatic rings. The fourth-order valence-electron chi connectivity index (χ4n) is 6.52. The average Bonchev–Trinajstić information content (AvgIpc) is 3.64. The van der Waals surface area contributed by atoms with Crippen LogP contribution in [0.2, 0.25) is 0 Å². The normalized spacial score (nSPS) is 11.7. The number of hydrogen-bond acceptors (Lipinski definition) is 3. The van der Waals surface area contributed by atoms with Crippen LogP contribution in [0.4, 0.5) is 17.1 Å². The van der Waals surface area contributed by atoms with Crippen LogP contribution in [0.3, 0.4) is 0 Å². The molecule has 202 valence electrons. The first-order valence-corrected chi connectivity index (χ1v) is 16.2. The van der Waals surface area contributed by atoms with Gasteiger partial charge < -0.3 is 4.90 Å². The van der Waals surface area contributed by atoms with Gasteiger partial charge in [-0.25, -0.2) is 0 Å². The number of thiophene rings is 2. The molecule has 9 rings (SSSR count). The number of para-hydroxylation sites is 1. The smallest absolute Gasteiger partial charge is 0.0555 e. The van der Waals surface area contributed by atoms with Crippen LogP contribution in [0.5, 0.6) is 0 Å². The molecule has 0 atom stereocenters. The predicted octanol–water partition coefficient (Wildman–Crippen LogP) is 12.7. The second-order valence-electron chi connectivity index (χ2n) is 10.9. The molecule has 43 heavy (non-hydrogen) atoms. The molecule has 0 aliphatic heterocycles. The fraction of sp³-hybridized carbons (Fsp3) is 0. The van der Waals surface area contributed by atoms with Crippen molar-refractivity contribution in [1.82, 2.24) is 0 Å². The zero-order chi connectivity index (χ0) is 28.3. The third kappa shape index (κ3) is 3.90. The summed E-state index contributed by atoms with van der Waals surface area (Å²) in [7, 11) is 0. The topological polar surface area (TPSA) is 3.24 Å².